The zero-order valence-electron chi connectivity index (χ0n) is 18.1. The largest absolute Gasteiger partial charge is 0.365 e. The number of rotatable bonds is 6. The highest BCUT2D eigenvalue weighted by Crippen LogP contribution is 2.27. The van der Waals surface area contributed by atoms with Crippen molar-refractivity contribution in [2.75, 3.05) is 0 Å². The highest BCUT2D eigenvalue weighted by Gasteiger charge is 2.17. The molecule has 0 fully saturated rings. The van der Waals surface area contributed by atoms with Crippen molar-refractivity contribution in [1.82, 2.24) is 29.5 Å². The van der Waals surface area contributed by atoms with Gasteiger partial charge in [0.15, 0.2) is 10.6 Å². The third-order valence-electron chi connectivity index (χ3n) is 5.32. The second-order valence-corrected chi connectivity index (χ2v) is 7.92. The molecule has 0 radical (unpaired) electrons. The fraction of sp³-hybridized carbons (Fsp3) is 0.0417. The maximum atomic E-state index is 13.0. The number of non-ortho nitro benzene ring substituents is 1. The molecule has 2 heterocycles. The summed E-state index contributed by atoms with van der Waals surface area (Å²) in [6.07, 6.45) is 0. The zero-order chi connectivity index (χ0) is 24.4. The molecule has 0 aliphatic heterocycles. The number of nitro groups is 1. The quantitative estimate of drug-likeness (QED) is 0.218. The number of nitrogens with zero attached hydrogens (tertiary/aromatic N) is 6. The Morgan fingerprint density at radius 1 is 0.886 bits per heavy atom. The van der Waals surface area contributed by atoms with Crippen LogP contribution in [0.25, 0.3) is 28.2 Å². The maximum Gasteiger partial charge on any atom is 0.365 e. The number of hydrogen-bond acceptors (Lipinski definition) is 7. The zero-order valence-corrected chi connectivity index (χ0v) is 18.9. The van der Waals surface area contributed by atoms with E-state index in [1.165, 1.54) is 16.8 Å². The van der Waals surface area contributed by atoms with E-state index < -0.39 is 10.6 Å². The van der Waals surface area contributed by atoms with Crippen LogP contribution in [0.2, 0.25) is 0 Å². The number of hydrogen-bond donors (Lipinski definition) is 1. The van der Waals surface area contributed by atoms with E-state index in [2.05, 4.69) is 20.3 Å². The summed E-state index contributed by atoms with van der Waals surface area (Å²) in [5.74, 6) is 0.395. The molecule has 0 saturated heterocycles. The van der Waals surface area contributed by atoms with E-state index in [1.807, 2.05) is 60.7 Å². The first-order valence-corrected chi connectivity index (χ1v) is 10.9. The van der Waals surface area contributed by atoms with Gasteiger partial charge in [0.05, 0.1) is 10.6 Å². The van der Waals surface area contributed by atoms with Gasteiger partial charge in [0.25, 0.3) is 5.69 Å². The van der Waals surface area contributed by atoms with Gasteiger partial charge in [0, 0.05) is 23.3 Å². The van der Waals surface area contributed by atoms with Crippen molar-refractivity contribution >= 4 is 17.9 Å². The second kappa shape index (κ2) is 9.23. The van der Waals surface area contributed by atoms with Crippen molar-refractivity contribution in [2.24, 2.45) is 0 Å². The molecule has 0 unspecified atom stereocenters. The van der Waals surface area contributed by atoms with Gasteiger partial charge in [-0.3, -0.25) is 19.8 Å². The Labute approximate surface area is 203 Å². The Kier molecular flexibility index (Phi) is 5.81. The topological polar surface area (TPSA) is 125 Å². The van der Waals surface area contributed by atoms with Gasteiger partial charge in [-0.25, -0.2) is 9.48 Å². The van der Waals surface area contributed by atoms with Crippen molar-refractivity contribution in [1.29, 1.82) is 0 Å². The molecular weight excluding hydrogens is 466 g/mol. The molecule has 10 nitrogen and oxygen atoms in total. The van der Waals surface area contributed by atoms with Crippen molar-refractivity contribution < 1.29 is 4.92 Å². The summed E-state index contributed by atoms with van der Waals surface area (Å²) in [5.41, 5.74) is 2.58. The lowest BCUT2D eigenvalue weighted by atomic mass is 10.0. The summed E-state index contributed by atoms with van der Waals surface area (Å²) in [7, 11) is 0. The molecule has 1 N–H and O–H groups in total. The molecule has 0 bridgehead atoms. The Morgan fingerprint density at radius 3 is 2.09 bits per heavy atom. The molecule has 5 aromatic rings. The van der Waals surface area contributed by atoms with Crippen LogP contribution in [-0.2, 0) is 6.54 Å². The molecule has 0 amide bonds. The van der Waals surface area contributed by atoms with Gasteiger partial charge < -0.3 is 0 Å². The van der Waals surface area contributed by atoms with Crippen molar-refractivity contribution in [2.45, 2.75) is 6.54 Å². The molecule has 2 aromatic heterocycles. The maximum absolute atomic E-state index is 13.0. The van der Waals surface area contributed by atoms with Crippen molar-refractivity contribution in [3.05, 3.63) is 116 Å². The predicted molar refractivity (Wildman–Crippen MR) is 132 cm³/mol. The Bertz CT molecular complexity index is 1630. The summed E-state index contributed by atoms with van der Waals surface area (Å²) in [4.78, 5) is 27.9. The van der Waals surface area contributed by atoms with E-state index in [0.29, 0.717) is 22.9 Å². The molecule has 0 spiro atoms. The van der Waals surface area contributed by atoms with Crippen LogP contribution in [0.3, 0.4) is 0 Å². The standard InChI is InChI=1S/C24H17N7O3S/c32-23-25-21(16-7-3-1-4-8-16)22(17-9-5-2-6-10-17)28-29(23)15-20-26-27-24(35)30(20)18-11-13-19(14-12-18)31(33)34/h1-14H,15H2,(H,27,35). The average Bonchev–Trinajstić information content (AvgIpc) is 3.25. The third-order valence-corrected chi connectivity index (χ3v) is 5.59. The third kappa shape index (κ3) is 4.39. The molecule has 0 saturated carbocycles. The van der Waals surface area contributed by atoms with Crippen LogP contribution in [0.5, 0.6) is 0 Å². The van der Waals surface area contributed by atoms with E-state index in [9.17, 15) is 14.9 Å². The van der Waals surface area contributed by atoms with Gasteiger partial charge in [0.1, 0.15) is 17.9 Å². The van der Waals surface area contributed by atoms with Crippen LogP contribution in [0, 0.1) is 14.9 Å². The van der Waals surface area contributed by atoms with E-state index in [0.717, 1.165) is 11.1 Å². The molecule has 35 heavy (non-hydrogen) atoms. The van der Waals surface area contributed by atoms with Crippen LogP contribution < -0.4 is 5.69 Å². The Morgan fingerprint density at radius 2 is 1.49 bits per heavy atom. The SMILES string of the molecule is O=c1nc(-c2ccccc2)c(-c2ccccc2)nn1Cc1n[nH]c(=S)n1-c1ccc([N+](=O)[O-])cc1. The van der Waals surface area contributed by atoms with E-state index >= 15 is 0 Å². The van der Waals surface area contributed by atoms with Crippen molar-refractivity contribution in [3.8, 4) is 28.2 Å². The first-order valence-electron chi connectivity index (χ1n) is 10.5. The lowest BCUT2D eigenvalue weighted by Crippen LogP contribution is -2.28. The van der Waals surface area contributed by atoms with Crippen LogP contribution >= 0.6 is 12.2 Å². The molecule has 5 rings (SSSR count). The normalized spacial score (nSPS) is 10.9. The van der Waals surface area contributed by atoms with Gasteiger partial charge in [-0.15, -0.1) is 0 Å². The summed E-state index contributed by atoms with van der Waals surface area (Å²) >= 11 is 5.36. The second-order valence-electron chi connectivity index (χ2n) is 7.54. The average molecular weight is 484 g/mol. The van der Waals surface area contributed by atoms with E-state index in [-0.39, 0.29) is 17.0 Å². The van der Waals surface area contributed by atoms with Gasteiger partial charge in [-0.2, -0.15) is 15.2 Å². The number of nitro benzene ring substituents is 1. The number of nitrogens with one attached hydrogen (secondary N) is 1. The Balaban J connectivity index is 1.60. The van der Waals surface area contributed by atoms with Crippen molar-refractivity contribution in [3.63, 3.8) is 0 Å². The lowest BCUT2D eigenvalue weighted by molar-refractivity contribution is -0.384. The highest BCUT2D eigenvalue weighted by molar-refractivity contribution is 7.71. The first kappa shape index (κ1) is 22.0. The summed E-state index contributed by atoms with van der Waals surface area (Å²) in [6.45, 7) is -0.0230. The number of aromatic nitrogens is 6. The van der Waals surface area contributed by atoms with E-state index in [4.69, 9.17) is 12.2 Å². The smallest absolute Gasteiger partial charge is 0.271 e. The minimum Gasteiger partial charge on any atom is -0.271 e. The van der Waals surface area contributed by atoms with Crippen LogP contribution in [0.1, 0.15) is 5.82 Å². The van der Waals surface area contributed by atoms with Crippen LogP contribution in [0.4, 0.5) is 5.69 Å². The molecule has 0 atom stereocenters. The van der Waals surface area contributed by atoms with Gasteiger partial charge in [-0.05, 0) is 24.4 Å². The predicted octanol–water partition coefficient (Wildman–Crippen LogP) is 4.17. The lowest BCUT2D eigenvalue weighted by Gasteiger charge is -2.12. The van der Waals surface area contributed by atoms with Gasteiger partial charge >= 0.3 is 5.69 Å². The molecule has 0 aliphatic rings. The summed E-state index contributed by atoms with van der Waals surface area (Å²) < 4.78 is 3.10. The number of benzene rings is 3. The minimum absolute atomic E-state index is 0.0230. The van der Waals surface area contributed by atoms with Crippen LogP contribution in [-0.4, -0.2) is 34.5 Å². The first-order chi connectivity index (χ1) is 17.0. The highest BCUT2D eigenvalue weighted by atomic mass is 32.1. The van der Waals surface area contributed by atoms with Crippen LogP contribution in [0.15, 0.2) is 89.7 Å². The van der Waals surface area contributed by atoms with E-state index in [1.54, 1.807) is 16.7 Å². The van der Waals surface area contributed by atoms with Gasteiger partial charge in [0.2, 0.25) is 0 Å². The molecule has 11 heteroatoms. The summed E-state index contributed by atoms with van der Waals surface area (Å²) in [5, 5.41) is 22.6. The molecule has 0 aliphatic carbocycles. The molecule has 172 valence electrons. The number of H-pyrrole nitrogens is 1. The summed E-state index contributed by atoms with van der Waals surface area (Å²) in [6, 6.07) is 24.8. The Hall–Kier alpha value is -4.77. The fourth-order valence-corrected chi connectivity index (χ4v) is 3.92. The monoisotopic (exact) mass is 483 g/mol. The molecule has 3 aromatic carbocycles. The fourth-order valence-electron chi connectivity index (χ4n) is 3.67. The minimum atomic E-state index is -0.548. The van der Waals surface area contributed by atoms with Gasteiger partial charge in [-0.1, -0.05) is 60.7 Å². The molecular formula is C24H17N7O3S. The number of aromatic amines is 1.